The molecule has 5 nitrogen and oxygen atoms in total. The van der Waals surface area contributed by atoms with Crippen molar-refractivity contribution in [2.45, 2.75) is 12.1 Å². The lowest BCUT2D eigenvalue weighted by atomic mass is 10.0. The first kappa shape index (κ1) is 20.8. The molecule has 0 aliphatic carbocycles. The number of aromatic hydroxyl groups is 1. The van der Waals surface area contributed by atoms with Gasteiger partial charge in [-0.05, 0) is 72.9 Å². The van der Waals surface area contributed by atoms with Gasteiger partial charge in [0.2, 0.25) is 0 Å². The van der Waals surface area contributed by atoms with E-state index in [0.717, 1.165) is 17.1 Å². The Kier molecular flexibility index (Phi) is 5.51. The molecule has 0 spiro atoms. The van der Waals surface area contributed by atoms with E-state index in [1.54, 1.807) is 24.4 Å². The molecule has 3 heterocycles. The molecule has 0 saturated carbocycles. The fourth-order valence-corrected chi connectivity index (χ4v) is 4.79. The number of thiocarbonyl (C=S) groups is 1. The molecule has 1 fully saturated rings. The van der Waals surface area contributed by atoms with Gasteiger partial charge in [-0.2, -0.15) is 0 Å². The van der Waals surface area contributed by atoms with E-state index >= 15 is 0 Å². The van der Waals surface area contributed by atoms with Crippen LogP contribution in [0.5, 0.6) is 5.75 Å². The summed E-state index contributed by atoms with van der Waals surface area (Å²) < 4.78 is 2.07. The Morgan fingerprint density at radius 2 is 1.78 bits per heavy atom. The summed E-state index contributed by atoms with van der Waals surface area (Å²) in [6.07, 6.45) is 3.74. The van der Waals surface area contributed by atoms with Crippen molar-refractivity contribution in [3.63, 3.8) is 0 Å². The average molecular weight is 481 g/mol. The van der Waals surface area contributed by atoms with Gasteiger partial charge in [-0.15, -0.1) is 0 Å². The number of hydrogen-bond acceptors (Lipinski definition) is 3. The topological polar surface area (TPSA) is 53.3 Å². The lowest BCUT2D eigenvalue weighted by Crippen LogP contribution is -2.30. The molecule has 1 saturated heterocycles. The number of hydrogen-bond donors (Lipinski definition) is 2. The smallest absolute Gasteiger partial charge is 0.174 e. The number of halogens is 2. The van der Waals surface area contributed by atoms with Gasteiger partial charge in [0.1, 0.15) is 11.8 Å². The molecule has 2 aromatic carbocycles. The maximum atomic E-state index is 10.7. The van der Waals surface area contributed by atoms with Crippen molar-refractivity contribution in [1.82, 2.24) is 14.9 Å². The lowest BCUT2D eigenvalue weighted by Gasteiger charge is -2.29. The Morgan fingerprint density at radius 3 is 2.56 bits per heavy atom. The van der Waals surface area contributed by atoms with E-state index in [-0.39, 0.29) is 17.8 Å². The Morgan fingerprint density at radius 1 is 0.938 bits per heavy atom. The minimum Gasteiger partial charge on any atom is -0.506 e. The predicted molar refractivity (Wildman–Crippen MR) is 132 cm³/mol. The number of aromatic nitrogens is 2. The van der Waals surface area contributed by atoms with Gasteiger partial charge in [0.05, 0.1) is 17.4 Å². The average Bonchev–Trinajstić information content (AvgIpc) is 3.40. The molecule has 2 aromatic heterocycles. The van der Waals surface area contributed by atoms with Crippen molar-refractivity contribution >= 4 is 46.2 Å². The van der Waals surface area contributed by atoms with Gasteiger partial charge in [0.15, 0.2) is 5.11 Å². The summed E-state index contributed by atoms with van der Waals surface area (Å²) in [5.74, 6) is 0.0890. The van der Waals surface area contributed by atoms with Crippen LogP contribution >= 0.6 is 35.4 Å². The second-order valence-corrected chi connectivity index (χ2v) is 8.67. The monoisotopic (exact) mass is 480 g/mol. The zero-order chi connectivity index (χ0) is 22.2. The Hall–Kier alpha value is -3.06. The molecule has 1 aliphatic rings. The third-order valence-corrected chi connectivity index (χ3v) is 6.25. The van der Waals surface area contributed by atoms with E-state index in [4.69, 9.17) is 35.4 Å². The number of rotatable bonds is 4. The van der Waals surface area contributed by atoms with Crippen LogP contribution in [-0.4, -0.2) is 19.8 Å². The molecular weight excluding hydrogens is 463 g/mol. The highest BCUT2D eigenvalue weighted by Crippen LogP contribution is 2.45. The SMILES string of the molecule is Oc1ccc(Cl)cc1N1C(=S)N[C@H](c2ccccn2)[C@@H]1c1cccn1-c1cccc(Cl)c1. The quantitative estimate of drug-likeness (QED) is 0.347. The zero-order valence-corrected chi connectivity index (χ0v) is 19.0. The predicted octanol–water partition coefficient (Wildman–Crippen LogP) is 6.06. The summed E-state index contributed by atoms with van der Waals surface area (Å²) in [5, 5.41) is 15.7. The van der Waals surface area contributed by atoms with E-state index in [0.29, 0.717) is 20.8 Å². The van der Waals surface area contributed by atoms with Gasteiger partial charge < -0.3 is 19.9 Å². The van der Waals surface area contributed by atoms with Crippen LogP contribution in [0.4, 0.5) is 5.69 Å². The molecule has 0 bridgehead atoms. The van der Waals surface area contributed by atoms with Crippen LogP contribution < -0.4 is 10.2 Å². The molecule has 0 unspecified atom stereocenters. The standard InChI is InChI=1S/C24H18Cl2N4OS/c25-15-5-3-6-17(13-15)29-12-4-8-19(29)23-22(18-7-1-2-11-27-18)28-24(32)30(23)20-14-16(26)9-10-21(20)31/h1-14,22-23,31H,(H,28,32)/t22-,23+/m1/s1. The van der Waals surface area contributed by atoms with Crippen molar-refractivity contribution in [2.24, 2.45) is 0 Å². The lowest BCUT2D eigenvalue weighted by molar-refractivity contribution is 0.472. The van der Waals surface area contributed by atoms with E-state index in [1.807, 2.05) is 65.7 Å². The van der Waals surface area contributed by atoms with E-state index in [2.05, 4.69) is 14.9 Å². The van der Waals surface area contributed by atoms with Crippen molar-refractivity contribution in [3.8, 4) is 11.4 Å². The first-order chi connectivity index (χ1) is 15.5. The second-order valence-electron chi connectivity index (χ2n) is 7.41. The van der Waals surface area contributed by atoms with Gasteiger partial charge in [0.25, 0.3) is 0 Å². The fourth-order valence-electron chi connectivity index (χ4n) is 4.10. The minimum atomic E-state index is -0.309. The normalized spacial score (nSPS) is 18.1. The Balaban J connectivity index is 1.70. The third-order valence-electron chi connectivity index (χ3n) is 5.46. The number of phenols is 1. The molecule has 2 N–H and O–H groups in total. The van der Waals surface area contributed by atoms with E-state index < -0.39 is 0 Å². The van der Waals surface area contributed by atoms with Gasteiger partial charge in [0, 0.05) is 33.8 Å². The van der Waals surface area contributed by atoms with Gasteiger partial charge in [-0.25, -0.2) is 0 Å². The van der Waals surface area contributed by atoms with Crippen molar-refractivity contribution in [2.75, 3.05) is 4.90 Å². The summed E-state index contributed by atoms with van der Waals surface area (Å²) in [7, 11) is 0. The molecule has 32 heavy (non-hydrogen) atoms. The van der Waals surface area contributed by atoms with Crippen LogP contribution in [-0.2, 0) is 0 Å². The van der Waals surface area contributed by atoms with Crippen molar-refractivity contribution in [1.29, 1.82) is 0 Å². The summed E-state index contributed by atoms with van der Waals surface area (Å²) >= 11 is 18.3. The van der Waals surface area contributed by atoms with Crippen LogP contribution in [0.15, 0.2) is 85.2 Å². The molecule has 1 aliphatic heterocycles. The number of benzene rings is 2. The zero-order valence-electron chi connectivity index (χ0n) is 16.7. The van der Waals surface area contributed by atoms with Crippen molar-refractivity contribution < 1.29 is 5.11 Å². The molecule has 0 amide bonds. The molecule has 0 radical (unpaired) electrons. The largest absolute Gasteiger partial charge is 0.506 e. The molecule has 4 aromatic rings. The number of phenolic OH excluding ortho intramolecular Hbond substituents is 1. The van der Waals surface area contributed by atoms with E-state index in [9.17, 15) is 5.11 Å². The summed E-state index contributed by atoms with van der Waals surface area (Å²) in [5.41, 5.74) is 3.24. The first-order valence-electron chi connectivity index (χ1n) is 9.95. The molecule has 5 rings (SSSR count). The first-order valence-corrected chi connectivity index (χ1v) is 11.1. The van der Waals surface area contributed by atoms with Crippen LogP contribution in [0, 0.1) is 0 Å². The summed E-state index contributed by atoms with van der Waals surface area (Å²) in [6, 6.07) is 21.8. The highest BCUT2D eigenvalue weighted by Gasteiger charge is 2.43. The van der Waals surface area contributed by atoms with Crippen LogP contribution in [0.3, 0.4) is 0 Å². The molecule has 8 heteroatoms. The van der Waals surface area contributed by atoms with Gasteiger partial charge in [-0.1, -0.05) is 35.3 Å². The molecule has 2 atom stereocenters. The highest BCUT2D eigenvalue weighted by molar-refractivity contribution is 7.80. The van der Waals surface area contributed by atoms with Crippen LogP contribution in [0.1, 0.15) is 23.5 Å². The maximum absolute atomic E-state index is 10.7. The van der Waals surface area contributed by atoms with Gasteiger partial charge >= 0.3 is 0 Å². The summed E-state index contributed by atoms with van der Waals surface area (Å²) in [4.78, 5) is 6.47. The van der Waals surface area contributed by atoms with Crippen LogP contribution in [0.2, 0.25) is 10.0 Å². The Labute approximate surface area is 200 Å². The van der Waals surface area contributed by atoms with Crippen molar-refractivity contribution in [3.05, 3.63) is 107 Å². The minimum absolute atomic E-state index is 0.0890. The summed E-state index contributed by atoms with van der Waals surface area (Å²) in [6.45, 7) is 0. The Bertz CT molecular complexity index is 1290. The fraction of sp³-hybridized carbons (Fsp3) is 0.0833. The second kappa shape index (κ2) is 8.47. The van der Waals surface area contributed by atoms with Gasteiger partial charge in [-0.3, -0.25) is 4.98 Å². The number of nitrogens with zero attached hydrogens (tertiary/aromatic N) is 3. The number of anilines is 1. The third kappa shape index (κ3) is 3.71. The number of pyridine rings is 1. The molecule has 160 valence electrons. The van der Waals surface area contributed by atoms with E-state index in [1.165, 1.54) is 0 Å². The number of nitrogens with one attached hydrogen (secondary N) is 1. The molecular formula is C24H18Cl2N4OS. The van der Waals surface area contributed by atoms with Crippen LogP contribution in [0.25, 0.3) is 5.69 Å². The maximum Gasteiger partial charge on any atom is 0.174 e. The highest BCUT2D eigenvalue weighted by atomic mass is 35.5.